The molecule has 2 aliphatic heterocycles. The van der Waals surface area contributed by atoms with E-state index >= 15 is 0 Å². The third-order valence-corrected chi connectivity index (χ3v) is 6.37. The Hall–Kier alpha value is -0.866. The molecule has 2 fully saturated rings. The van der Waals surface area contributed by atoms with Crippen LogP contribution in [0.2, 0.25) is 0 Å². The topological polar surface area (TPSA) is 49.7 Å². The van der Waals surface area contributed by atoms with Gasteiger partial charge in [-0.15, -0.1) is 11.6 Å². The average molecular weight is 440 g/mol. The van der Waals surface area contributed by atoms with Crippen LogP contribution in [-0.4, -0.2) is 34.4 Å². The molecule has 2 heterocycles. The number of carbonyl (C=O) groups excluding carboxylic acids is 2. The smallest absolute Gasteiger partial charge is 0.227 e. The first-order valence-electron chi connectivity index (χ1n) is 9.83. The number of benzene rings is 1. The molecule has 4 atom stereocenters. The molecule has 0 N–H and O–H groups in total. The normalized spacial score (nSPS) is 26.6. The van der Waals surface area contributed by atoms with Crippen LogP contribution < -0.4 is 0 Å². The van der Waals surface area contributed by atoms with E-state index in [-0.39, 0.29) is 62.3 Å². The maximum absolute atomic E-state index is 13.5. The summed E-state index contributed by atoms with van der Waals surface area (Å²) in [6, 6.07) is 9.49. The number of aliphatic imine (C=N–C) groups is 1. The summed E-state index contributed by atoms with van der Waals surface area (Å²) in [6.07, 6.45) is 4.52. The Morgan fingerprint density at radius 1 is 1.33 bits per heavy atom. The number of rotatable bonds is 5. The van der Waals surface area contributed by atoms with Crippen molar-refractivity contribution in [2.75, 3.05) is 0 Å². The zero-order valence-electron chi connectivity index (χ0n) is 16.4. The Bertz CT molecular complexity index is 773. The van der Waals surface area contributed by atoms with Gasteiger partial charge in [0, 0.05) is 56.8 Å². The van der Waals surface area contributed by atoms with E-state index in [4.69, 9.17) is 4.99 Å². The van der Waals surface area contributed by atoms with Crippen LogP contribution in [0.3, 0.4) is 0 Å². The van der Waals surface area contributed by atoms with Crippen LogP contribution in [0, 0.1) is 23.8 Å². The first kappa shape index (κ1) is 20.9. The summed E-state index contributed by atoms with van der Waals surface area (Å²) in [4.78, 5) is 32.2. The van der Waals surface area contributed by atoms with Crippen LogP contribution in [0.4, 0.5) is 5.69 Å². The number of fused-ring (bicyclic) bond motifs is 3. The van der Waals surface area contributed by atoms with Crippen LogP contribution in [0.15, 0.2) is 23.2 Å². The van der Waals surface area contributed by atoms with E-state index in [1.165, 1.54) is 12.0 Å². The van der Waals surface area contributed by atoms with Crippen LogP contribution in [0.1, 0.15) is 52.0 Å². The number of carbonyl (C=O) groups is 2. The second-order valence-electron chi connectivity index (χ2n) is 8.51. The largest absolute Gasteiger partial charge is 0.331 e. The van der Waals surface area contributed by atoms with Gasteiger partial charge in [0.2, 0.25) is 5.91 Å². The number of Topliss-reactive ketones (excluding diaryl/α,β-unsaturated/α-hetero) is 1. The first-order chi connectivity index (χ1) is 12.5. The molecule has 4 nitrogen and oxygen atoms in total. The van der Waals surface area contributed by atoms with Crippen molar-refractivity contribution in [2.45, 2.75) is 65.0 Å². The van der Waals surface area contributed by atoms with E-state index in [1.54, 1.807) is 6.92 Å². The Balaban J connectivity index is 0.00000210. The molecule has 1 aromatic carbocycles. The third-order valence-electron chi connectivity index (χ3n) is 6.37. The molecular formula is C22H27N2O2Y-. The van der Waals surface area contributed by atoms with Crippen molar-refractivity contribution in [2.24, 2.45) is 22.7 Å². The minimum atomic E-state index is -0.216. The molecule has 4 rings (SSSR count). The number of ketones is 1. The van der Waals surface area contributed by atoms with Crippen molar-refractivity contribution in [1.29, 1.82) is 0 Å². The van der Waals surface area contributed by atoms with Gasteiger partial charge in [-0.1, -0.05) is 13.8 Å². The van der Waals surface area contributed by atoms with E-state index in [2.05, 4.69) is 11.0 Å². The van der Waals surface area contributed by atoms with E-state index in [9.17, 15) is 9.59 Å². The molecule has 2 bridgehead atoms. The van der Waals surface area contributed by atoms with Gasteiger partial charge in [0.15, 0.2) is 0 Å². The summed E-state index contributed by atoms with van der Waals surface area (Å²) >= 11 is 0. The average Bonchev–Trinajstić information content (AvgIpc) is 3.31. The van der Waals surface area contributed by atoms with Crippen LogP contribution >= 0.6 is 0 Å². The second-order valence-corrected chi connectivity index (χ2v) is 8.51. The monoisotopic (exact) mass is 440 g/mol. The first-order valence-corrected chi connectivity index (χ1v) is 9.83. The Morgan fingerprint density at radius 2 is 2.11 bits per heavy atom. The standard InChI is InChI=1S/C22H27N2O2.Y/c1-13(2)18(10-14(3)25)22(26)24-17-9-8-16(11-17)21(24)20-12-15-6-4-5-7-19(15)23-20;/h5-7,13,16-18,21H,8-12H2,1-3H3;/q-1;/t16-,17+,18?,21?;/m0./s1. The minimum absolute atomic E-state index is 0. The number of hydrogen-bond acceptors (Lipinski definition) is 3. The van der Waals surface area contributed by atoms with E-state index in [0.717, 1.165) is 30.7 Å². The SMILES string of the molecule is CC(=O)CC(C(=O)N1C(C2=Nc3cc[c-]cc3C2)[C@H]2CC[C@@H]1C2)C(C)C.[Y]. The predicted molar refractivity (Wildman–Crippen MR) is 101 cm³/mol. The molecule has 1 radical (unpaired) electrons. The molecule has 5 heteroatoms. The van der Waals surface area contributed by atoms with Crippen molar-refractivity contribution in [3.05, 3.63) is 29.8 Å². The molecule has 3 aliphatic rings. The van der Waals surface area contributed by atoms with Gasteiger partial charge in [-0.3, -0.25) is 9.79 Å². The molecule has 141 valence electrons. The van der Waals surface area contributed by atoms with Gasteiger partial charge in [-0.25, -0.2) is 0 Å². The van der Waals surface area contributed by atoms with Crippen molar-refractivity contribution in [1.82, 2.24) is 4.90 Å². The molecule has 1 aromatic rings. The number of likely N-dealkylation sites (tertiary alicyclic amines) is 1. The van der Waals surface area contributed by atoms with Gasteiger partial charge in [0.05, 0.1) is 6.04 Å². The second kappa shape index (κ2) is 8.25. The number of amides is 1. The molecule has 1 aliphatic carbocycles. The van der Waals surface area contributed by atoms with Crippen molar-refractivity contribution >= 4 is 23.1 Å². The van der Waals surface area contributed by atoms with E-state index < -0.39 is 0 Å². The number of piperidine rings is 1. The molecule has 1 amide bonds. The fourth-order valence-corrected chi connectivity index (χ4v) is 5.11. The molecule has 0 spiro atoms. The van der Waals surface area contributed by atoms with Crippen LogP contribution in [0.5, 0.6) is 0 Å². The van der Waals surface area contributed by atoms with E-state index in [0.29, 0.717) is 18.4 Å². The van der Waals surface area contributed by atoms with Gasteiger partial charge in [-0.05, 0) is 50.1 Å². The molecule has 2 unspecified atom stereocenters. The molecule has 1 saturated heterocycles. The van der Waals surface area contributed by atoms with Crippen LogP contribution in [0.25, 0.3) is 0 Å². The fraction of sp³-hybridized carbons (Fsp3) is 0.591. The predicted octanol–water partition coefficient (Wildman–Crippen LogP) is 3.74. The van der Waals surface area contributed by atoms with Gasteiger partial charge in [0.1, 0.15) is 5.78 Å². The summed E-state index contributed by atoms with van der Waals surface area (Å²) in [6.45, 7) is 5.69. The Morgan fingerprint density at radius 3 is 2.78 bits per heavy atom. The number of nitrogens with zero attached hydrogens (tertiary/aromatic N) is 2. The molecular weight excluding hydrogens is 413 g/mol. The summed E-state index contributed by atoms with van der Waals surface area (Å²) in [5.41, 5.74) is 3.37. The molecule has 1 saturated carbocycles. The Kier molecular flexibility index (Phi) is 6.37. The third kappa shape index (κ3) is 3.85. The van der Waals surface area contributed by atoms with Gasteiger partial charge >= 0.3 is 0 Å². The number of hydrogen-bond donors (Lipinski definition) is 0. The van der Waals surface area contributed by atoms with Crippen molar-refractivity contribution < 1.29 is 42.3 Å². The maximum Gasteiger partial charge on any atom is 0.227 e. The quantitative estimate of drug-likeness (QED) is 0.655. The maximum atomic E-state index is 13.5. The van der Waals surface area contributed by atoms with E-state index in [1.807, 2.05) is 32.0 Å². The summed E-state index contributed by atoms with van der Waals surface area (Å²) in [5, 5.41) is 0. The zero-order chi connectivity index (χ0) is 18.4. The van der Waals surface area contributed by atoms with Gasteiger partial charge in [0.25, 0.3) is 0 Å². The van der Waals surface area contributed by atoms with Crippen LogP contribution in [-0.2, 0) is 48.7 Å². The van der Waals surface area contributed by atoms with Crippen molar-refractivity contribution in [3.8, 4) is 0 Å². The summed E-state index contributed by atoms with van der Waals surface area (Å²) < 4.78 is 0. The van der Waals surface area contributed by atoms with Gasteiger partial charge < -0.3 is 9.69 Å². The summed E-state index contributed by atoms with van der Waals surface area (Å²) in [5.74, 6) is 0.735. The molecule has 0 aromatic heterocycles. The summed E-state index contributed by atoms with van der Waals surface area (Å²) in [7, 11) is 0. The Labute approximate surface area is 187 Å². The minimum Gasteiger partial charge on any atom is -0.331 e. The van der Waals surface area contributed by atoms with Crippen molar-refractivity contribution in [3.63, 3.8) is 0 Å². The fourth-order valence-electron chi connectivity index (χ4n) is 5.11. The molecule has 27 heavy (non-hydrogen) atoms. The zero-order valence-corrected chi connectivity index (χ0v) is 19.3. The van der Waals surface area contributed by atoms with Gasteiger partial charge in [-0.2, -0.15) is 18.2 Å².